The van der Waals surface area contributed by atoms with E-state index >= 15 is 0 Å². The monoisotopic (exact) mass is 270 g/mol. The second-order valence-electron chi connectivity index (χ2n) is 5.76. The van der Waals surface area contributed by atoms with Gasteiger partial charge in [-0.3, -0.25) is 4.79 Å². The highest BCUT2D eigenvalue weighted by atomic mass is 16.5. The lowest BCUT2D eigenvalue weighted by molar-refractivity contribution is -0.00516. The van der Waals surface area contributed by atoms with Gasteiger partial charge in [0.15, 0.2) is 0 Å². The number of aromatic amines is 1. The second-order valence-corrected chi connectivity index (χ2v) is 5.76. The van der Waals surface area contributed by atoms with Gasteiger partial charge in [-0.15, -0.1) is 0 Å². The van der Waals surface area contributed by atoms with Gasteiger partial charge in [-0.05, 0) is 30.3 Å². The van der Waals surface area contributed by atoms with Crippen LogP contribution in [0.4, 0.5) is 0 Å². The zero-order valence-corrected chi connectivity index (χ0v) is 11.3. The molecule has 1 fully saturated rings. The summed E-state index contributed by atoms with van der Waals surface area (Å²) in [6, 6.07) is 7.78. The third-order valence-electron chi connectivity index (χ3n) is 4.60. The fraction of sp³-hybridized carbons (Fsp3) is 0.438. The molecule has 1 aromatic heterocycles. The van der Waals surface area contributed by atoms with Gasteiger partial charge in [0.25, 0.3) is 5.56 Å². The molecule has 104 valence electrons. The summed E-state index contributed by atoms with van der Waals surface area (Å²) in [6.07, 6.45) is 2.22. The molecular weight excluding hydrogens is 252 g/mol. The van der Waals surface area contributed by atoms with E-state index in [2.05, 4.69) is 10.3 Å². The molecule has 20 heavy (non-hydrogen) atoms. The highest BCUT2D eigenvalue weighted by Crippen LogP contribution is 2.29. The van der Waals surface area contributed by atoms with Crippen molar-refractivity contribution in [1.82, 2.24) is 10.3 Å². The third-order valence-corrected chi connectivity index (χ3v) is 4.60. The number of nitrogens with one attached hydrogen (secondary N) is 2. The maximum atomic E-state index is 12.2. The first-order valence-corrected chi connectivity index (χ1v) is 7.28. The number of benzene rings is 1. The maximum Gasteiger partial charge on any atom is 0.256 e. The fourth-order valence-electron chi connectivity index (χ4n) is 3.47. The largest absolute Gasteiger partial charge is 0.373 e. The molecule has 4 heteroatoms. The van der Waals surface area contributed by atoms with Crippen molar-refractivity contribution in [3.8, 4) is 0 Å². The van der Waals surface area contributed by atoms with Crippen molar-refractivity contribution in [2.24, 2.45) is 5.92 Å². The molecule has 0 spiro atoms. The van der Waals surface area contributed by atoms with E-state index in [4.69, 9.17) is 4.74 Å². The van der Waals surface area contributed by atoms with Crippen LogP contribution in [0.3, 0.4) is 0 Å². The molecule has 4 nitrogen and oxygen atoms in total. The average Bonchev–Trinajstić information content (AvgIpc) is 3.01. The first-order valence-electron chi connectivity index (χ1n) is 7.28. The number of ether oxygens (including phenoxy) is 1. The van der Waals surface area contributed by atoms with Crippen LogP contribution < -0.4 is 10.9 Å². The molecule has 2 unspecified atom stereocenters. The van der Waals surface area contributed by atoms with Gasteiger partial charge in [0.1, 0.15) is 0 Å². The molecular formula is C16H18N2O2. The summed E-state index contributed by atoms with van der Waals surface area (Å²) in [5, 5.41) is 5.18. The van der Waals surface area contributed by atoms with Crippen LogP contribution in [-0.4, -0.2) is 24.2 Å². The molecule has 2 aliphatic rings. The zero-order valence-electron chi connectivity index (χ0n) is 11.3. The van der Waals surface area contributed by atoms with Gasteiger partial charge < -0.3 is 15.0 Å². The number of hydrogen-bond acceptors (Lipinski definition) is 3. The van der Waals surface area contributed by atoms with E-state index < -0.39 is 0 Å². The van der Waals surface area contributed by atoms with E-state index in [9.17, 15) is 4.79 Å². The van der Waals surface area contributed by atoms with Crippen molar-refractivity contribution < 1.29 is 4.74 Å². The Hall–Kier alpha value is -1.65. The number of aromatic nitrogens is 1. The third kappa shape index (κ3) is 1.87. The van der Waals surface area contributed by atoms with Crippen LogP contribution in [0.25, 0.3) is 10.8 Å². The first-order chi connectivity index (χ1) is 9.83. The van der Waals surface area contributed by atoms with Gasteiger partial charge in [0.2, 0.25) is 0 Å². The SMILES string of the molecule is O=c1[nH]c2c(c3ccccc13)COC(C1CCNC1)C2. The summed E-state index contributed by atoms with van der Waals surface area (Å²) in [7, 11) is 0. The molecule has 2 N–H and O–H groups in total. The standard InChI is InChI=1S/C16H18N2O2/c19-16-12-4-2-1-3-11(12)13-9-20-15(7-14(13)18-16)10-5-6-17-8-10/h1-4,10,15,17H,5-9H2,(H,18,19). The minimum Gasteiger partial charge on any atom is -0.373 e. The van der Waals surface area contributed by atoms with Crippen LogP contribution >= 0.6 is 0 Å². The van der Waals surface area contributed by atoms with Gasteiger partial charge in [-0.25, -0.2) is 0 Å². The van der Waals surface area contributed by atoms with Crippen LogP contribution in [0.1, 0.15) is 17.7 Å². The van der Waals surface area contributed by atoms with Gasteiger partial charge in [-0.1, -0.05) is 18.2 Å². The maximum absolute atomic E-state index is 12.2. The Kier molecular flexibility index (Phi) is 2.86. The summed E-state index contributed by atoms with van der Waals surface area (Å²) in [5.41, 5.74) is 2.24. The molecule has 0 aliphatic carbocycles. The minimum absolute atomic E-state index is 0.0181. The van der Waals surface area contributed by atoms with E-state index in [1.165, 1.54) is 0 Å². The molecule has 2 atom stereocenters. The van der Waals surface area contributed by atoms with E-state index in [1.54, 1.807) is 0 Å². The van der Waals surface area contributed by atoms with Crippen LogP contribution in [0, 0.1) is 5.92 Å². The van der Waals surface area contributed by atoms with Crippen LogP contribution in [-0.2, 0) is 17.8 Å². The normalized spacial score (nSPS) is 25.8. The molecule has 1 aromatic carbocycles. The van der Waals surface area contributed by atoms with Crippen LogP contribution in [0.5, 0.6) is 0 Å². The quantitative estimate of drug-likeness (QED) is 0.827. The molecule has 2 aromatic rings. The second kappa shape index (κ2) is 4.72. The average molecular weight is 270 g/mol. The van der Waals surface area contributed by atoms with Crippen LogP contribution in [0.2, 0.25) is 0 Å². The molecule has 0 saturated carbocycles. The Morgan fingerprint density at radius 2 is 2.05 bits per heavy atom. The smallest absolute Gasteiger partial charge is 0.256 e. The highest BCUT2D eigenvalue weighted by molar-refractivity contribution is 5.85. The summed E-state index contributed by atoms with van der Waals surface area (Å²) in [5.74, 6) is 0.568. The first kappa shape index (κ1) is 12.1. The fourth-order valence-corrected chi connectivity index (χ4v) is 3.47. The summed E-state index contributed by atoms with van der Waals surface area (Å²) < 4.78 is 6.07. The number of rotatable bonds is 1. The van der Waals surface area contributed by atoms with E-state index in [0.29, 0.717) is 12.5 Å². The van der Waals surface area contributed by atoms with Crippen molar-refractivity contribution >= 4 is 10.8 Å². The summed E-state index contributed by atoms with van der Waals surface area (Å²) >= 11 is 0. The Labute approximate surface area is 117 Å². The lowest BCUT2D eigenvalue weighted by Crippen LogP contribution is -2.33. The van der Waals surface area contributed by atoms with Crippen molar-refractivity contribution in [2.75, 3.05) is 13.1 Å². The van der Waals surface area contributed by atoms with Crippen molar-refractivity contribution in [1.29, 1.82) is 0 Å². The highest BCUT2D eigenvalue weighted by Gasteiger charge is 2.30. The summed E-state index contributed by atoms with van der Waals surface area (Å²) in [4.78, 5) is 15.2. The van der Waals surface area contributed by atoms with Crippen molar-refractivity contribution in [3.63, 3.8) is 0 Å². The molecule has 3 heterocycles. The number of fused-ring (bicyclic) bond motifs is 3. The molecule has 0 bridgehead atoms. The lowest BCUT2D eigenvalue weighted by Gasteiger charge is -2.29. The molecule has 1 saturated heterocycles. The van der Waals surface area contributed by atoms with E-state index in [-0.39, 0.29) is 11.7 Å². The van der Waals surface area contributed by atoms with Gasteiger partial charge >= 0.3 is 0 Å². The Morgan fingerprint density at radius 1 is 1.20 bits per heavy atom. The molecule has 2 aliphatic heterocycles. The van der Waals surface area contributed by atoms with E-state index in [0.717, 1.165) is 48.0 Å². The van der Waals surface area contributed by atoms with Crippen molar-refractivity contribution in [2.45, 2.75) is 25.6 Å². The Balaban J connectivity index is 1.76. The predicted molar refractivity (Wildman–Crippen MR) is 77.8 cm³/mol. The molecule has 4 rings (SSSR count). The minimum atomic E-state index is 0.0181. The van der Waals surface area contributed by atoms with Crippen molar-refractivity contribution in [3.05, 3.63) is 45.9 Å². The van der Waals surface area contributed by atoms with Gasteiger partial charge in [-0.2, -0.15) is 0 Å². The lowest BCUT2D eigenvalue weighted by atomic mass is 9.92. The topological polar surface area (TPSA) is 54.1 Å². The summed E-state index contributed by atoms with van der Waals surface area (Å²) in [6.45, 7) is 2.71. The number of hydrogen-bond donors (Lipinski definition) is 2. The van der Waals surface area contributed by atoms with Gasteiger partial charge in [0.05, 0.1) is 12.7 Å². The zero-order chi connectivity index (χ0) is 13.5. The predicted octanol–water partition coefficient (Wildman–Crippen LogP) is 1.58. The van der Waals surface area contributed by atoms with E-state index in [1.807, 2.05) is 24.3 Å². The number of H-pyrrole nitrogens is 1. The molecule has 0 amide bonds. The Morgan fingerprint density at radius 3 is 2.85 bits per heavy atom. The Bertz CT molecular complexity index is 701. The van der Waals surface area contributed by atoms with Crippen LogP contribution in [0.15, 0.2) is 29.1 Å². The number of pyridine rings is 1. The van der Waals surface area contributed by atoms with Gasteiger partial charge in [0, 0.05) is 29.6 Å². The molecule has 0 radical (unpaired) electrons.